The number of nitrogens with zero attached hydrogens (tertiary/aromatic N) is 2. The fourth-order valence-corrected chi connectivity index (χ4v) is 4.71. The Balaban J connectivity index is 1.56. The highest BCUT2D eigenvalue weighted by atomic mass is 32.2. The molecule has 0 spiro atoms. The lowest BCUT2D eigenvalue weighted by atomic mass is 9.85. The van der Waals surface area contributed by atoms with E-state index in [9.17, 15) is 9.59 Å². The molecule has 4 rings (SSSR count). The average Bonchev–Trinajstić information content (AvgIpc) is 3.02. The van der Waals surface area contributed by atoms with Crippen LogP contribution in [0.3, 0.4) is 0 Å². The van der Waals surface area contributed by atoms with Gasteiger partial charge >= 0.3 is 0 Å². The molecule has 2 aromatic carbocycles. The third-order valence-corrected chi connectivity index (χ3v) is 6.64. The van der Waals surface area contributed by atoms with Crippen LogP contribution in [0.1, 0.15) is 30.2 Å². The van der Waals surface area contributed by atoms with E-state index in [-0.39, 0.29) is 23.1 Å². The van der Waals surface area contributed by atoms with Gasteiger partial charge in [-0.2, -0.15) is 0 Å². The van der Waals surface area contributed by atoms with Gasteiger partial charge in [0.1, 0.15) is 5.37 Å². The molecule has 1 heterocycles. The molecule has 0 radical (unpaired) electrons. The summed E-state index contributed by atoms with van der Waals surface area (Å²) in [4.78, 5) is 28.8. The number of nitrogens with one attached hydrogen (secondary N) is 1. The van der Waals surface area contributed by atoms with Gasteiger partial charge in [0.2, 0.25) is 11.8 Å². The van der Waals surface area contributed by atoms with Crippen LogP contribution in [0.2, 0.25) is 0 Å². The smallest absolute Gasteiger partial charge is 0.238 e. The van der Waals surface area contributed by atoms with E-state index >= 15 is 0 Å². The van der Waals surface area contributed by atoms with E-state index in [0.29, 0.717) is 5.75 Å². The van der Waals surface area contributed by atoms with Gasteiger partial charge in [0.05, 0.1) is 5.75 Å². The summed E-state index contributed by atoms with van der Waals surface area (Å²) in [5, 5.41) is 2.95. The first-order chi connectivity index (χ1) is 13.5. The zero-order chi connectivity index (χ0) is 19.7. The highest BCUT2D eigenvalue weighted by molar-refractivity contribution is 8.00. The number of hydrogen-bond acceptors (Lipinski definition) is 4. The molecule has 5 nitrogen and oxygen atoms in total. The Labute approximate surface area is 170 Å². The summed E-state index contributed by atoms with van der Waals surface area (Å²) < 4.78 is 0. The topological polar surface area (TPSA) is 52.6 Å². The van der Waals surface area contributed by atoms with E-state index in [2.05, 4.69) is 5.32 Å². The van der Waals surface area contributed by atoms with Crippen LogP contribution in [-0.4, -0.2) is 31.7 Å². The Hall–Kier alpha value is -2.47. The maximum Gasteiger partial charge on any atom is 0.238 e. The molecule has 6 heteroatoms. The number of benzene rings is 2. The Morgan fingerprint density at radius 1 is 1.14 bits per heavy atom. The fourth-order valence-electron chi connectivity index (χ4n) is 3.55. The number of carbonyl (C=O) groups is 2. The van der Waals surface area contributed by atoms with Crippen molar-refractivity contribution in [2.24, 2.45) is 5.92 Å². The second-order valence-corrected chi connectivity index (χ2v) is 8.65. The van der Waals surface area contributed by atoms with Crippen molar-refractivity contribution in [3.8, 4) is 0 Å². The number of thioether (sulfide) groups is 1. The van der Waals surface area contributed by atoms with E-state index in [1.54, 1.807) is 11.8 Å². The van der Waals surface area contributed by atoms with Crippen molar-refractivity contribution in [1.29, 1.82) is 0 Å². The van der Waals surface area contributed by atoms with Crippen LogP contribution >= 0.6 is 11.8 Å². The summed E-state index contributed by atoms with van der Waals surface area (Å²) in [5.41, 5.74) is 3.83. The maximum atomic E-state index is 12.6. The van der Waals surface area contributed by atoms with Crippen LogP contribution < -0.4 is 15.1 Å². The first kappa shape index (κ1) is 18.9. The molecule has 2 amide bonds. The zero-order valence-corrected chi connectivity index (χ0v) is 17.0. The van der Waals surface area contributed by atoms with Gasteiger partial charge in [0, 0.05) is 37.1 Å². The van der Waals surface area contributed by atoms with Gasteiger partial charge in [-0.25, -0.2) is 0 Å². The van der Waals surface area contributed by atoms with E-state index in [1.165, 1.54) is 0 Å². The summed E-state index contributed by atoms with van der Waals surface area (Å²) >= 11 is 1.62. The molecule has 0 bridgehead atoms. The summed E-state index contributed by atoms with van der Waals surface area (Å²) in [6.07, 6.45) is 3.10. The van der Waals surface area contributed by atoms with Crippen LogP contribution in [0.4, 0.5) is 17.1 Å². The predicted molar refractivity (Wildman–Crippen MR) is 116 cm³/mol. The minimum atomic E-state index is -0.0849. The maximum absolute atomic E-state index is 12.6. The zero-order valence-electron chi connectivity index (χ0n) is 16.2. The third kappa shape index (κ3) is 3.74. The minimum Gasteiger partial charge on any atom is -0.378 e. The molecular weight excluding hydrogens is 370 g/mol. The van der Waals surface area contributed by atoms with E-state index in [0.717, 1.165) is 41.9 Å². The average molecular weight is 396 g/mol. The monoisotopic (exact) mass is 395 g/mol. The summed E-state index contributed by atoms with van der Waals surface area (Å²) in [6.45, 7) is 0. The first-order valence-corrected chi connectivity index (χ1v) is 10.7. The van der Waals surface area contributed by atoms with Gasteiger partial charge in [-0.15, -0.1) is 11.8 Å². The Kier molecular flexibility index (Phi) is 5.31. The number of amides is 2. The summed E-state index contributed by atoms with van der Waals surface area (Å²) in [5.74, 6) is 0.822. The predicted octanol–water partition coefficient (Wildman–Crippen LogP) is 4.27. The van der Waals surface area contributed by atoms with Crippen molar-refractivity contribution in [1.82, 2.24) is 0 Å². The van der Waals surface area contributed by atoms with Gasteiger partial charge in [-0.05, 0) is 54.8 Å². The lowest BCUT2D eigenvalue weighted by Crippen LogP contribution is -2.29. The lowest BCUT2D eigenvalue weighted by Gasteiger charge is -2.26. The Bertz CT molecular complexity index is 878. The van der Waals surface area contributed by atoms with Crippen molar-refractivity contribution in [3.05, 3.63) is 54.1 Å². The molecule has 28 heavy (non-hydrogen) atoms. The van der Waals surface area contributed by atoms with Crippen LogP contribution in [-0.2, 0) is 9.59 Å². The molecule has 0 unspecified atom stereocenters. The van der Waals surface area contributed by atoms with Crippen LogP contribution in [0.25, 0.3) is 0 Å². The highest BCUT2D eigenvalue weighted by Crippen LogP contribution is 2.42. The Morgan fingerprint density at radius 2 is 1.89 bits per heavy atom. The second kappa shape index (κ2) is 7.87. The normalized spacial score (nSPS) is 19.4. The van der Waals surface area contributed by atoms with Crippen molar-refractivity contribution >= 4 is 40.6 Å². The molecular formula is C22H25N3O2S. The molecule has 1 N–H and O–H groups in total. The molecule has 1 aliphatic heterocycles. The van der Waals surface area contributed by atoms with Crippen molar-refractivity contribution in [2.75, 3.05) is 35.0 Å². The standard InChI is InChI=1S/C22H25N3O2S/c1-24(2)18-9-11-19(12-10-18)25-20(26)14-28-22(25)16-7-4-8-17(13-16)23-21(27)15-5-3-6-15/h4,7-13,15,22H,3,5-6,14H2,1-2H3,(H,23,27)/t22-/m1/s1. The molecule has 1 saturated carbocycles. The first-order valence-electron chi connectivity index (χ1n) is 9.65. The van der Waals surface area contributed by atoms with Crippen LogP contribution in [0, 0.1) is 5.92 Å². The number of rotatable bonds is 5. The van der Waals surface area contributed by atoms with Crippen molar-refractivity contribution < 1.29 is 9.59 Å². The van der Waals surface area contributed by atoms with Gasteiger partial charge < -0.3 is 10.2 Å². The van der Waals surface area contributed by atoms with Gasteiger partial charge in [0.15, 0.2) is 0 Å². The minimum absolute atomic E-state index is 0.0849. The van der Waals surface area contributed by atoms with Gasteiger partial charge in [-0.3, -0.25) is 14.5 Å². The van der Waals surface area contributed by atoms with Crippen LogP contribution in [0.5, 0.6) is 0 Å². The van der Waals surface area contributed by atoms with E-state index < -0.39 is 0 Å². The molecule has 2 fully saturated rings. The van der Waals surface area contributed by atoms with Crippen molar-refractivity contribution in [3.63, 3.8) is 0 Å². The molecule has 1 saturated heterocycles. The SMILES string of the molecule is CN(C)c1ccc(N2C(=O)CS[C@@H]2c2cccc(NC(=O)C3CCC3)c2)cc1. The third-order valence-electron chi connectivity index (χ3n) is 5.43. The van der Waals surface area contributed by atoms with Gasteiger partial charge in [-0.1, -0.05) is 18.6 Å². The summed E-state index contributed by atoms with van der Waals surface area (Å²) in [6, 6.07) is 15.9. The quantitative estimate of drug-likeness (QED) is 0.821. The van der Waals surface area contributed by atoms with Crippen LogP contribution in [0.15, 0.2) is 48.5 Å². The Morgan fingerprint density at radius 3 is 2.54 bits per heavy atom. The number of hydrogen-bond donors (Lipinski definition) is 1. The fraction of sp³-hybridized carbons (Fsp3) is 0.364. The molecule has 2 aromatic rings. The van der Waals surface area contributed by atoms with E-state index in [1.807, 2.05) is 72.4 Å². The largest absolute Gasteiger partial charge is 0.378 e. The van der Waals surface area contributed by atoms with Gasteiger partial charge in [0.25, 0.3) is 0 Å². The number of anilines is 3. The molecule has 1 atom stereocenters. The molecule has 2 aliphatic rings. The summed E-state index contributed by atoms with van der Waals surface area (Å²) in [7, 11) is 4.00. The van der Waals surface area contributed by atoms with E-state index in [4.69, 9.17) is 0 Å². The second-order valence-electron chi connectivity index (χ2n) is 7.58. The highest BCUT2D eigenvalue weighted by Gasteiger charge is 2.34. The molecule has 146 valence electrons. The number of carbonyl (C=O) groups excluding carboxylic acids is 2. The molecule has 0 aromatic heterocycles. The van der Waals surface area contributed by atoms with Crippen molar-refractivity contribution in [2.45, 2.75) is 24.6 Å². The lowest BCUT2D eigenvalue weighted by molar-refractivity contribution is -0.122. The molecule has 1 aliphatic carbocycles.